The number of hydrogen-bond acceptors (Lipinski definition) is 2. The highest BCUT2D eigenvalue weighted by Crippen LogP contribution is 2.41. The van der Waals surface area contributed by atoms with E-state index >= 15 is 0 Å². The van der Waals surface area contributed by atoms with E-state index in [1.165, 1.54) is 24.9 Å². The molecule has 1 aromatic carbocycles. The summed E-state index contributed by atoms with van der Waals surface area (Å²) in [6.07, 6.45) is 3.38. The van der Waals surface area contributed by atoms with Gasteiger partial charge in [-0.1, -0.05) is 19.9 Å². The minimum absolute atomic E-state index is 0.408. The van der Waals surface area contributed by atoms with Crippen LogP contribution in [-0.4, -0.2) is 18.2 Å². The number of benzene rings is 1. The maximum absolute atomic E-state index is 9.63. The Morgan fingerprint density at radius 3 is 2.53 bits per heavy atom. The summed E-state index contributed by atoms with van der Waals surface area (Å²) in [7, 11) is 0. The second-order valence-electron chi connectivity index (χ2n) is 5.77. The summed E-state index contributed by atoms with van der Waals surface area (Å²) >= 11 is 3.65. The molecule has 1 saturated heterocycles. The normalized spacial score (nSPS) is 19.7. The maximum Gasteiger partial charge on any atom is 0.0762 e. The Labute approximate surface area is 124 Å². The lowest BCUT2D eigenvalue weighted by atomic mass is 9.82. The van der Waals surface area contributed by atoms with Crippen molar-refractivity contribution in [1.29, 1.82) is 0 Å². The van der Waals surface area contributed by atoms with Crippen molar-refractivity contribution in [1.82, 2.24) is 0 Å². The molecule has 1 atom stereocenters. The third kappa shape index (κ3) is 2.97. The molecule has 1 aliphatic heterocycles. The Morgan fingerprint density at radius 2 is 2.05 bits per heavy atom. The van der Waals surface area contributed by atoms with E-state index in [0.29, 0.717) is 5.41 Å². The summed E-state index contributed by atoms with van der Waals surface area (Å²) in [5.41, 5.74) is 2.71. The van der Waals surface area contributed by atoms with Gasteiger partial charge in [-0.15, -0.1) is 0 Å². The van der Waals surface area contributed by atoms with Crippen LogP contribution >= 0.6 is 15.9 Å². The number of anilines is 1. The molecule has 2 rings (SSSR count). The molecule has 0 saturated carbocycles. The summed E-state index contributed by atoms with van der Waals surface area (Å²) < 4.78 is 1.09. The molecule has 0 amide bonds. The minimum Gasteiger partial charge on any atom is -0.389 e. The largest absolute Gasteiger partial charge is 0.389 e. The summed E-state index contributed by atoms with van der Waals surface area (Å²) in [6.45, 7) is 8.69. The van der Waals surface area contributed by atoms with Gasteiger partial charge in [-0.3, -0.25) is 0 Å². The highest BCUT2D eigenvalue weighted by molar-refractivity contribution is 9.10. The number of halogens is 1. The van der Waals surface area contributed by atoms with E-state index in [1.807, 2.05) is 12.1 Å². The van der Waals surface area contributed by atoms with Gasteiger partial charge >= 0.3 is 0 Å². The number of rotatable bonds is 4. The highest BCUT2D eigenvalue weighted by atomic mass is 79.9. The lowest BCUT2D eigenvalue weighted by Crippen LogP contribution is -2.26. The van der Waals surface area contributed by atoms with E-state index in [4.69, 9.17) is 0 Å². The Balaban J connectivity index is 2.20. The van der Waals surface area contributed by atoms with Crippen LogP contribution in [0.2, 0.25) is 0 Å². The number of nitrogens with zero attached hydrogens (tertiary/aromatic N) is 1. The van der Waals surface area contributed by atoms with Crippen molar-refractivity contribution in [2.75, 3.05) is 18.0 Å². The van der Waals surface area contributed by atoms with Crippen molar-refractivity contribution in [3.63, 3.8) is 0 Å². The zero-order valence-corrected chi connectivity index (χ0v) is 13.7. The molecule has 1 N–H and O–H groups in total. The fourth-order valence-electron chi connectivity index (χ4n) is 3.01. The summed E-state index contributed by atoms with van der Waals surface area (Å²) in [5, 5.41) is 9.63. The molecule has 3 heteroatoms. The standard InChI is InChI=1S/C16H24BrNO/c1-4-16(5-2)8-9-18(11-16)15-7-6-13(12(3)19)10-14(15)17/h6-7,10,12,19H,4-5,8-9,11H2,1-3H3/t12-/m0/s1. The molecule has 2 nitrogen and oxygen atoms in total. The molecule has 1 heterocycles. The van der Waals surface area contributed by atoms with Crippen LogP contribution in [0.4, 0.5) is 5.69 Å². The van der Waals surface area contributed by atoms with Gasteiger partial charge in [-0.25, -0.2) is 0 Å². The average molecular weight is 326 g/mol. The first-order valence-electron chi connectivity index (χ1n) is 7.24. The van der Waals surface area contributed by atoms with Crippen molar-refractivity contribution in [3.05, 3.63) is 28.2 Å². The topological polar surface area (TPSA) is 23.5 Å². The van der Waals surface area contributed by atoms with Gasteiger partial charge in [0.05, 0.1) is 11.8 Å². The molecular weight excluding hydrogens is 302 g/mol. The Hall–Kier alpha value is -0.540. The lowest BCUT2D eigenvalue weighted by Gasteiger charge is -2.28. The first kappa shape index (κ1) is 14.9. The molecule has 0 bridgehead atoms. The first-order chi connectivity index (χ1) is 9.01. The monoisotopic (exact) mass is 325 g/mol. The number of hydrogen-bond donors (Lipinski definition) is 1. The Morgan fingerprint density at radius 1 is 1.37 bits per heavy atom. The van der Waals surface area contributed by atoms with E-state index in [9.17, 15) is 5.11 Å². The second-order valence-corrected chi connectivity index (χ2v) is 6.62. The molecule has 1 aliphatic rings. The van der Waals surface area contributed by atoms with Crippen LogP contribution in [-0.2, 0) is 0 Å². The maximum atomic E-state index is 9.63. The van der Waals surface area contributed by atoms with Crippen molar-refractivity contribution < 1.29 is 5.11 Å². The van der Waals surface area contributed by atoms with E-state index in [-0.39, 0.29) is 0 Å². The van der Waals surface area contributed by atoms with Crippen LogP contribution in [0, 0.1) is 5.41 Å². The SMILES string of the molecule is CCC1(CC)CCN(c2ccc([C@H](C)O)cc2Br)C1. The summed E-state index contributed by atoms with van der Waals surface area (Å²) in [4.78, 5) is 2.48. The van der Waals surface area contributed by atoms with Gasteiger partial charge < -0.3 is 10.0 Å². The molecule has 1 fully saturated rings. The van der Waals surface area contributed by atoms with Crippen LogP contribution in [0.5, 0.6) is 0 Å². The molecule has 0 radical (unpaired) electrons. The smallest absolute Gasteiger partial charge is 0.0762 e. The third-order valence-electron chi connectivity index (χ3n) is 4.73. The van der Waals surface area contributed by atoms with E-state index in [0.717, 1.165) is 23.1 Å². The van der Waals surface area contributed by atoms with Gasteiger partial charge in [0.1, 0.15) is 0 Å². The predicted octanol–water partition coefficient (Wildman–Crippen LogP) is 4.52. The van der Waals surface area contributed by atoms with Gasteiger partial charge in [-0.2, -0.15) is 0 Å². The van der Waals surface area contributed by atoms with E-state index in [2.05, 4.69) is 40.7 Å². The molecule has 0 unspecified atom stereocenters. The van der Waals surface area contributed by atoms with Gasteiger partial charge in [0.2, 0.25) is 0 Å². The van der Waals surface area contributed by atoms with Crippen molar-refractivity contribution >= 4 is 21.6 Å². The lowest BCUT2D eigenvalue weighted by molar-refractivity contribution is 0.199. The quantitative estimate of drug-likeness (QED) is 0.879. The first-order valence-corrected chi connectivity index (χ1v) is 8.03. The summed E-state index contributed by atoms with van der Waals surface area (Å²) in [5.74, 6) is 0. The molecule has 19 heavy (non-hydrogen) atoms. The molecule has 1 aromatic rings. The van der Waals surface area contributed by atoms with Gasteiger partial charge in [0, 0.05) is 17.6 Å². The van der Waals surface area contributed by atoms with Crippen molar-refractivity contribution in [2.45, 2.75) is 46.1 Å². The number of aliphatic hydroxyl groups is 1. The predicted molar refractivity (Wildman–Crippen MR) is 84.6 cm³/mol. The molecule has 0 spiro atoms. The summed E-state index contributed by atoms with van der Waals surface area (Å²) in [6, 6.07) is 6.20. The molecule has 0 aromatic heterocycles. The second kappa shape index (κ2) is 5.84. The zero-order valence-electron chi connectivity index (χ0n) is 12.1. The van der Waals surface area contributed by atoms with Crippen LogP contribution in [0.25, 0.3) is 0 Å². The van der Waals surface area contributed by atoms with Crippen molar-refractivity contribution in [2.24, 2.45) is 5.41 Å². The van der Waals surface area contributed by atoms with E-state index < -0.39 is 6.10 Å². The van der Waals surface area contributed by atoms with Crippen molar-refractivity contribution in [3.8, 4) is 0 Å². The zero-order chi connectivity index (χ0) is 14.0. The van der Waals surface area contributed by atoms with Gasteiger partial charge in [0.25, 0.3) is 0 Å². The fourth-order valence-corrected chi connectivity index (χ4v) is 3.65. The average Bonchev–Trinajstić information content (AvgIpc) is 2.83. The van der Waals surface area contributed by atoms with E-state index in [1.54, 1.807) is 6.92 Å². The van der Waals surface area contributed by atoms with Crippen LogP contribution in [0.1, 0.15) is 51.7 Å². The molecule has 106 valence electrons. The Bertz CT molecular complexity index is 440. The van der Waals surface area contributed by atoms with Crippen LogP contribution in [0.15, 0.2) is 22.7 Å². The minimum atomic E-state index is -0.408. The third-order valence-corrected chi connectivity index (χ3v) is 5.37. The van der Waals surface area contributed by atoms with Crippen LogP contribution in [0.3, 0.4) is 0 Å². The fraction of sp³-hybridized carbons (Fsp3) is 0.625. The van der Waals surface area contributed by atoms with Crippen LogP contribution < -0.4 is 4.90 Å². The number of aliphatic hydroxyl groups excluding tert-OH is 1. The molecule has 0 aliphatic carbocycles. The van der Waals surface area contributed by atoms with Gasteiger partial charge in [-0.05, 0) is 65.2 Å². The highest BCUT2D eigenvalue weighted by Gasteiger charge is 2.35. The Kier molecular flexibility index (Phi) is 4.57. The van der Waals surface area contributed by atoms with Gasteiger partial charge in [0.15, 0.2) is 0 Å². The molecular formula is C16H24BrNO.